The molecule has 4 atom stereocenters. The second-order valence-electron chi connectivity index (χ2n) is 11.8. The number of para-hydroxylation sites is 1. The molecule has 5 aromatic rings. The van der Waals surface area contributed by atoms with Gasteiger partial charge in [0.25, 0.3) is 0 Å². The molecule has 0 aliphatic carbocycles. The first-order valence-corrected chi connectivity index (χ1v) is 15.8. The molecule has 226 valence electrons. The first-order valence-electron chi connectivity index (χ1n) is 15.0. The molecule has 4 unspecified atom stereocenters. The molecule has 2 aromatic heterocycles. The van der Waals surface area contributed by atoms with Crippen molar-refractivity contribution in [2.24, 2.45) is 5.92 Å². The second kappa shape index (κ2) is 10.5. The fraction of sp³-hybridized carbons (Fsp3) is 0.265. The number of amides is 1. The van der Waals surface area contributed by atoms with E-state index >= 15 is 4.79 Å². The van der Waals surface area contributed by atoms with E-state index in [1.54, 1.807) is 42.4 Å². The van der Waals surface area contributed by atoms with Crippen LogP contribution in [-0.2, 0) is 10.3 Å². The van der Waals surface area contributed by atoms with Crippen LogP contribution in [-0.4, -0.2) is 60.8 Å². The zero-order chi connectivity index (χ0) is 30.9. The highest BCUT2D eigenvalue weighted by atomic mass is 79.9. The molecule has 5 heterocycles. The lowest BCUT2D eigenvalue weighted by molar-refractivity contribution is -0.127. The number of methoxy groups -OCH3 is 1. The number of halogens is 1. The molecule has 8 rings (SSSR count). The Morgan fingerprint density at radius 2 is 1.89 bits per heavy atom. The monoisotopic (exact) mass is 663 g/mol. The summed E-state index contributed by atoms with van der Waals surface area (Å²) in [5.41, 5.74) is 3.38. The molecule has 45 heavy (non-hydrogen) atoms. The van der Waals surface area contributed by atoms with Gasteiger partial charge in [0.2, 0.25) is 5.91 Å². The quantitative estimate of drug-likeness (QED) is 0.241. The van der Waals surface area contributed by atoms with E-state index < -0.39 is 11.5 Å². The minimum Gasteiger partial charge on any atom is -0.497 e. The van der Waals surface area contributed by atoms with Gasteiger partial charge in [-0.1, -0.05) is 34.1 Å². The lowest BCUT2D eigenvalue weighted by atomic mass is 9.68. The summed E-state index contributed by atoms with van der Waals surface area (Å²) >= 11 is 3.66. The van der Waals surface area contributed by atoms with E-state index in [-0.39, 0.29) is 23.7 Å². The Bertz CT molecular complexity index is 1940. The van der Waals surface area contributed by atoms with Crippen molar-refractivity contribution in [3.63, 3.8) is 0 Å². The Balaban J connectivity index is 1.42. The highest BCUT2D eigenvalue weighted by Gasteiger charge is 2.70. The third kappa shape index (κ3) is 4.00. The van der Waals surface area contributed by atoms with Crippen LogP contribution < -0.4 is 10.1 Å². The highest BCUT2D eigenvalue weighted by molar-refractivity contribution is 9.10. The number of hydrogen-bond donors (Lipinski definition) is 1. The summed E-state index contributed by atoms with van der Waals surface area (Å²) < 4.78 is 9.84. The topological polar surface area (TPSA) is 107 Å². The van der Waals surface area contributed by atoms with Crippen molar-refractivity contribution in [2.75, 3.05) is 19.0 Å². The first-order chi connectivity index (χ1) is 21.9. The Kier molecular flexibility index (Phi) is 6.51. The van der Waals surface area contributed by atoms with Gasteiger partial charge in [-0.25, -0.2) is 14.3 Å². The van der Waals surface area contributed by atoms with Crippen molar-refractivity contribution in [2.45, 2.75) is 37.3 Å². The fourth-order valence-corrected chi connectivity index (χ4v) is 8.35. The zero-order valence-electron chi connectivity index (χ0n) is 24.7. The van der Waals surface area contributed by atoms with Gasteiger partial charge in [0.05, 0.1) is 24.4 Å². The normalized spacial score (nSPS) is 23.7. The molecule has 2 fully saturated rings. The van der Waals surface area contributed by atoms with Crippen LogP contribution in [0.15, 0.2) is 89.9 Å². The summed E-state index contributed by atoms with van der Waals surface area (Å²) in [5, 5.41) is 12.8. The Labute approximate surface area is 268 Å². The van der Waals surface area contributed by atoms with Gasteiger partial charge in [-0.2, -0.15) is 10.2 Å². The predicted octanol–water partition coefficient (Wildman–Crippen LogP) is 5.44. The Morgan fingerprint density at radius 1 is 1.09 bits per heavy atom. The third-order valence-electron chi connectivity index (χ3n) is 9.67. The summed E-state index contributed by atoms with van der Waals surface area (Å²) in [5.74, 6) is -0.0454. The minimum absolute atomic E-state index is 0.0951. The highest BCUT2D eigenvalue weighted by Crippen LogP contribution is 2.62. The maximum absolute atomic E-state index is 15.1. The lowest BCUT2D eigenvalue weighted by Crippen LogP contribution is -2.52. The standard InChI is InChI=1S/C34H30BrN7O3/c1-20-28(32(41-19-36-18-37-41)42(39-20)23-7-4-3-5-8-23)29-27-9-6-16-40(27)34(25-17-22(35)12-15-26(25)38-33(34)44)30(29)31(43)21-10-13-24(45-2)14-11-21/h3-5,7-8,10-15,17-19,27,29-30H,6,9,16H2,1-2H3,(H,38,44). The number of hydrogen-bond acceptors (Lipinski definition) is 7. The average molecular weight is 665 g/mol. The molecule has 1 N–H and O–H groups in total. The van der Waals surface area contributed by atoms with Crippen molar-refractivity contribution in [3.8, 4) is 17.3 Å². The van der Waals surface area contributed by atoms with Crippen molar-refractivity contribution in [1.29, 1.82) is 0 Å². The van der Waals surface area contributed by atoms with E-state index in [9.17, 15) is 4.79 Å². The Morgan fingerprint density at radius 3 is 2.62 bits per heavy atom. The van der Waals surface area contributed by atoms with Crippen molar-refractivity contribution >= 4 is 33.3 Å². The van der Waals surface area contributed by atoms with E-state index in [1.807, 2.05) is 60.1 Å². The van der Waals surface area contributed by atoms with Gasteiger partial charge >= 0.3 is 0 Å². The first kappa shape index (κ1) is 27.9. The van der Waals surface area contributed by atoms with E-state index in [0.717, 1.165) is 45.5 Å². The lowest BCUT2D eigenvalue weighted by Gasteiger charge is -2.37. The molecule has 11 heteroatoms. The van der Waals surface area contributed by atoms with Crippen LogP contribution in [0.2, 0.25) is 0 Å². The van der Waals surface area contributed by atoms with Crippen LogP contribution in [0.1, 0.15) is 45.9 Å². The number of ketones is 1. The van der Waals surface area contributed by atoms with Gasteiger partial charge in [-0.15, -0.1) is 0 Å². The smallest absolute Gasteiger partial charge is 0.250 e. The third-order valence-corrected chi connectivity index (χ3v) is 10.2. The summed E-state index contributed by atoms with van der Waals surface area (Å²) in [7, 11) is 1.60. The van der Waals surface area contributed by atoms with Gasteiger partial charge in [-0.05, 0) is 80.9 Å². The van der Waals surface area contributed by atoms with Gasteiger partial charge in [0.1, 0.15) is 23.9 Å². The molecule has 0 bridgehead atoms. The molecule has 10 nitrogen and oxygen atoms in total. The summed E-state index contributed by atoms with van der Waals surface area (Å²) in [4.78, 5) is 36.3. The van der Waals surface area contributed by atoms with E-state index in [2.05, 4.69) is 36.2 Å². The van der Waals surface area contributed by atoms with E-state index in [4.69, 9.17) is 9.84 Å². The summed E-state index contributed by atoms with van der Waals surface area (Å²) in [6, 6.07) is 22.8. The second-order valence-corrected chi connectivity index (χ2v) is 12.7. The number of Topliss-reactive ketones (excluding diaryl/α,β-unsaturated/α-hetero) is 1. The van der Waals surface area contributed by atoms with Gasteiger partial charge < -0.3 is 10.1 Å². The van der Waals surface area contributed by atoms with Gasteiger partial charge in [0, 0.05) is 38.8 Å². The summed E-state index contributed by atoms with van der Waals surface area (Å²) in [6.45, 7) is 2.67. The van der Waals surface area contributed by atoms with Gasteiger partial charge in [-0.3, -0.25) is 14.5 Å². The maximum Gasteiger partial charge on any atom is 0.250 e. The van der Waals surface area contributed by atoms with Crippen LogP contribution in [0.4, 0.5) is 5.69 Å². The number of ether oxygens (including phenoxy) is 1. The number of aromatic nitrogens is 5. The molecule has 3 aliphatic heterocycles. The SMILES string of the molecule is COc1ccc(C(=O)C2C(c3c(C)nn(-c4ccccc4)c3-n3cncn3)C3CCCN3C23C(=O)Nc2ccc(Br)cc23)cc1. The van der Waals surface area contributed by atoms with Crippen molar-refractivity contribution in [3.05, 3.63) is 112 Å². The van der Waals surface area contributed by atoms with E-state index in [0.29, 0.717) is 23.7 Å². The molecule has 3 aliphatic rings. The number of nitrogens with one attached hydrogen (secondary N) is 1. The molecule has 2 saturated heterocycles. The van der Waals surface area contributed by atoms with Crippen molar-refractivity contribution in [1.82, 2.24) is 29.4 Å². The van der Waals surface area contributed by atoms with Crippen LogP contribution in [0.25, 0.3) is 11.5 Å². The van der Waals surface area contributed by atoms with Crippen LogP contribution in [0.5, 0.6) is 5.75 Å². The number of nitrogens with zero attached hydrogens (tertiary/aromatic N) is 6. The number of rotatable bonds is 6. The molecule has 3 aromatic carbocycles. The molecule has 0 radical (unpaired) electrons. The number of anilines is 1. The van der Waals surface area contributed by atoms with Crippen molar-refractivity contribution < 1.29 is 14.3 Å². The summed E-state index contributed by atoms with van der Waals surface area (Å²) in [6.07, 6.45) is 4.90. The maximum atomic E-state index is 15.1. The zero-order valence-corrected chi connectivity index (χ0v) is 26.3. The Hall–Kier alpha value is -4.61. The molecular formula is C34H30BrN7O3. The average Bonchev–Trinajstić information content (AvgIpc) is 3.88. The van der Waals surface area contributed by atoms with Crippen LogP contribution in [0.3, 0.4) is 0 Å². The molecule has 1 spiro atoms. The van der Waals surface area contributed by atoms with E-state index in [1.165, 1.54) is 6.33 Å². The number of carbonyl (C=O) groups excluding carboxylic acids is 2. The fourth-order valence-electron chi connectivity index (χ4n) is 7.99. The number of benzene rings is 3. The number of carbonyl (C=O) groups is 2. The van der Waals surface area contributed by atoms with Gasteiger partial charge in [0.15, 0.2) is 11.6 Å². The minimum atomic E-state index is -1.22. The predicted molar refractivity (Wildman–Crippen MR) is 171 cm³/mol. The largest absolute Gasteiger partial charge is 0.497 e. The molecule has 1 amide bonds. The molecular weight excluding hydrogens is 634 g/mol. The van der Waals surface area contributed by atoms with Crippen LogP contribution >= 0.6 is 15.9 Å². The molecule has 0 saturated carbocycles. The number of fused-ring (bicyclic) bond motifs is 4. The van der Waals surface area contributed by atoms with Crippen LogP contribution in [0, 0.1) is 12.8 Å². The number of aryl methyl sites for hydroxylation is 1.